The van der Waals surface area contributed by atoms with Gasteiger partial charge in [0.1, 0.15) is 0 Å². The van der Waals surface area contributed by atoms with Crippen LogP contribution in [0.4, 0.5) is 0 Å². The lowest BCUT2D eigenvalue weighted by Crippen LogP contribution is -2.04. The van der Waals surface area contributed by atoms with Crippen molar-refractivity contribution in [3.05, 3.63) is 32.7 Å². The summed E-state index contributed by atoms with van der Waals surface area (Å²) in [6.07, 6.45) is 6.89. The fourth-order valence-corrected chi connectivity index (χ4v) is 3.41. The molecule has 0 aliphatic heterocycles. The van der Waals surface area contributed by atoms with E-state index >= 15 is 0 Å². The molecule has 0 bridgehead atoms. The first-order chi connectivity index (χ1) is 6.75. The van der Waals surface area contributed by atoms with Gasteiger partial charge in [-0.1, -0.05) is 51.1 Å². The maximum Gasteiger partial charge on any atom is 0.0268 e. The third kappa shape index (κ3) is 2.60. The minimum absolute atomic E-state index is 0.769. The summed E-state index contributed by atoms with van der Waals surface area (Å²) in [4.78, 5) is 0. The normalized spacial score (nSPS) is 18.4. The molecule has 1 aromatic carbocycles. The van der Waals surface area contributed by atoms with Crippen molar-refractivity contribution in [1.29, 1.82) is 0 Å². The first kappa shape index (κ1) is 10.7. The summed E-state index contributed by atoms with van der Waals surface area (Å²) in [5, 5.41) is 0. The molecule has 1 saturated carbocycles. The second-order valence-corrected chi connectivity index (χ2v) is 5.65. The van der Waals surface area contributed by atoms with Crippen molar-refractivity contribution >= 4 is 31.9 Å². The lowest BCUT2D eigenvalue weighted by Gasteiger charge is -2.22. The van der Waals surface area contributed by atoms with E-state index in [1.165, 1.54) is 37.7 Å². The predicted octanol–water partition coefficient (Wildman–Crippen LogP) is 5.06. The van der Waals surface area contributed by atoms with Crippen LogP contribution in [0.5, 0.6) is 0 Å². The van der Waals surface area contributed by atoms with E-state index in [0.29, 0.717) is 0 Å². The molecule has 0 aromatic heterocycles. The molecule has 0 heterocycles. The number of hydrogen-bond donors (Lipinski definition) is 0. The van der Waals surface area contributed by atoms with Crippen LogP contribution in [-0.4, -0.2) is 0 Å². The van der Waals surface area contributed by atoms with Crippen molar-refractivity contribution in [2.75, 3.05) is 0 Å². The summed E-state index contributed by atoms with van der Waals surface area (Å²) in [6.45, 7) is 0. The molecular weight excluding hydrogens is 304 g/mol. The monoisotopic (exact) mass is 315 g/mol. The Hall–Kier alpha value is 0.180. The Balaban J connectivity index is 2.21. The van der Waals surface area contributed by atoms with Gasteiger partial charge in [0.05, 0.1) is 0 Å². The minimum atomic E-state index is 0.769. The van der Waals surface area contributed by atoms with Gasteiger partial charge >= 0.3 is 0 Å². The summed E-state index contributed by atoms with van der Waals surface area (Å²) < 4.78 is 2.12. The van der Waals surface area contributed by atoms with E-state index in [-0.39, 0.29) is 0 Å². The van der Waals surface area contributed by atoms with Crippen molar-refractivity contribution in [3.63, 3.8) is 0 Å². The maximum absolute atomic E-state index is 3.49. The Kier molecular flexibility index (Phi) is 3.67. The highest BCUT2D eigenvalue weighted by atomic mass is 79.9. The molecule has 0 spiro atoms. The van der Waals surface area contributed by atoms with Crippen LogP contribution in [0.25, 0.3) is 0 Å². The third-order valence-corrected chi connectivity index (χ3v) is 3.76. The largest absolute Gasteiger partial charge is 0.0533 e. The van der Waals surface area contributed by atoms with Crippen LogP contribution in [0.3, 0.4) is 0 Å². The summed E-state index contributed by atoms with van der Waals surface area (Å²) in [5.74, 6) is 0.769. The smallest absolute Gasteiger partial charge is 0.0268 e. The predicted molar refractivity (Wildman–Crippen MR) is 66.5 cm³/mol. The average Bonchev–Trinajstić information content (AvgIpc) is 2.18. The van der Waals surface area contributed by atoms with E-state index in [1.807, 2.05) is 0 Å². The average molecular weight is 317 g/mol. The zero-order valence-corrected chi connectivity index (χ0v) is 11.2. The number of rotatable bonds is 1. The molecule has 1 fully saturated rings. The van der Waals surface area contributed by atoms with E-state index in [1.54, 1.807) is 0 Å². The molecule has 1 aliphatic carbocycles. The van der Waals surface area contributed by atoms with Crippen molar-refractivity contribution < 1.29 is 0 Å². The topological polar surface area (TPSA) is 0 Å². The first-order valence-corrected chi connectivity index (χ1v) is 6.72. The van der Waals surface area contributed by atoms with Gasteiger partial charge in [0, 0.05) is 15.0 Å². The maximum atomic E-state index is 3.49. The minimum Gasteiger partial charge on any atom is -0.0533 e. The quantitative estimate of drug-likeness (QED) is 0.679. The third-order valence-electron chi connectivity index (χ3n) is 2.90. The standard InChI is InChI=1S/C12H13Br2/c13-11-6-10(7-12(14)8-11)9-4-2-1-3-5-9/h6-7,9H,1-5H2. The second-order valence-electron chi connectivity index (χ2n) is 3.94. The fraction of sp³-hybridized carbons (Fsp3) is 0.500. The highest BCUT2D eigenvalue weighted by Gasteiger charge is 2.15. The molecule has 2 heteroatoms. The van der Waals surface area contributed by atoms with E-state index in [9.17, 15) is 0 Å². The molecule has 1 radical (unpaired) electrons. The molecule has 0 N–H and O–H groups in total. The SMILES string of the molecule is Brc1[c]c(Br)cc(C2CCCCC2)c1. The van der Waals surface area contributed by atoms with Gasteiger partial charge in [0.15, 0.2) is 0 Å². The summed E-state index contributed by atoms with van der Waals surface area (Å²) in [7, 11) is 0. The zero-order chi connectivity index (χ0) is 9.97. The van der Waals surface area contributed by atoms with Gasteiger partial charge in [-0.05, 0) is 36.5 Å². The van der Waals surface area contributed by atoms with E-state index < -0.39 is 0 Å². The van der Waals surface area contributed by atoms with Gasteiger partial charge in [0.2, 0.25) is 0 Å². The van der Waals surface area contributed by atoms with Gasteiger partial charge in [-0.25, -0.2) is 0 Å². The summed E-state index contributed by atoms with van der Waals surface area (Å²) in [5.41, 5.74) is 1.46. The number of hydrogen-bond acceptors (Lipinski definition) is 0. The molecule has 1 aromatic rings. The van der Waals surface area contributed by atoms with Crippen LogP contribution in [0.2, 0.25) is 0 Å². The Morgan fingerprint density at radius 2 is 1.57 bits per heavy atom. The van der Waals surface area contributed by atoms with Gasteiger partial charge in [0.25, 0.3) is 0 Å². The first-order valence-electron chi connectivity index (χ1n) is 5.14. The lowest BCUT2D eigenvalue weighted by molar-refractivity contribution is 0.443. The second kappa shape index (κ2) is 4.80. The number of benzene rings is 1. The molecular formula is C12H13Br2. The summed E-state index contributed by atoms with van der Waals surface area (Å²) in [6, 6.07) is 7.60. The highest BCUT2D eigenvalue weighted by molar-refractivity contribution is 9.11. The molecule has 0 amide bonds. The van der Waals surface area contributed by atoms with Crippen LogP contribution in [0, 0.1) is 6.07 Å². The molecule has 0 nitrogen and oxygen atoms in total. The van der Waals surface area contributed by atoms with E-state index in [4.69, 9.17) is 0 Å². The van der Waals surface area contributed by atoms with Gasteiger partial charge in [-0.2, -0.15) is 0 Å². The van der Waals surface area contributed by atoms with E-state index in [0.717, 1.165) is 14.9 Å². The van der Waals surface area contributed by atoms with Crippen LogP contribution in [-0.2, 0) is 0 Å². The Morgan fingerprint density at radius 1 is 1.00 bits per heavy atom. The molecule has 2 rings (SSSR count). The van der Waals surface area contributed by atoms with Crippen molar-refractivity contribution in [2.45, 2.75) is 38.0 Å². The van der Waals surface area contributed by atoms with Gasteiger partial charge in [-0.3, -0.25) is 0 Å². The van der Waals surface area contributed by atoms with Crippen molar-refractivity contribution in [2.24, 2.45) is 0 Å². The Morgan fingerprint density at radius 3 is 2.14 bits per heavy atom. The Labute approximate surface area is 102 Å². The fourth-order valence-electron chi connectivity index (χ4n) is 2.19. The van der Waals surface area contributed by atoms with Crippen LogP contribution < -0.4 is 0 Å². The highest BCUT2D eigenvalue weighted by Crippen LogP contribution is 2.34. The van der Waals surface area contributed by atoms with Crippen LogP contribution in [0.1, 0.15) is 43.6 Å². The Bertz CT molecular complexity index is 294. The van der Waals surface area contributed by atoms with Crippen molar-refractivity contribution in [1.82, 2.24) is 0 Å². The molecule has 14 heavy (non-hydrogen) atoms. The van der Waals surface area contributed by atoms with Gasteiger partial charge in [-0.15, -0.1) is 0 Å². The van der Waals surface area contributed by atoms with Gasteiger partial charge < -0.3 is 0 Å². The molecule has 0 saturated heterocycles. The molecule has 75 valence electrons. The van der Waals surface area contributed by atoms with E-state index in [2.05, 4.69) is 50.1 Å². The summed E-state index contributed by atoms with van der Waals surface area (Å²) >= 11 is 6.99. The van der Waals surface area contributed by atoms with Crippen LogP contribution in [0.15, 0.2) is 21.1 Å². The molecule has 1 aliphatic rings. The number of halogens is 2. The lowest BCUT2D eigenvalue weighted by atomic mass is 9.84. The zero-order valence-electron chi connectivity index (χ0n) is 8.02. The molecule has 0 atom stereocenters. The van der Waals surface area contributed by atoms with Crippen LogP contribution >= 0.6 is 31.9 Å². The van der Waals surface area contributed by atoms with Crippen molar-refractivity contribution in [3.8, 4) is 0 Å². The molecule has 0 unspecified atom stereocenters.